The molecule has 2 heterocycles. The van der Waals surface area contributed by atoms with Crippen molar-refractivity contribution in [2.24, 2.45) is 5.92 Å². The van der Waals surface area contributed by atoms with Crippen LogP contribution in [0.2, 0.25) is 0 Å². The van der Waals surface area contributed by atoms with Gasteiger partial charge in [-0.25, -0.2) is 13.8 Å². The summed E-state index contributed by atoms with van der Waals surface area (Å²) in [4.78, 5) is 16.8. The molecule has 27 heavy (non-hydrogen) atoms. The zero-order valence-electron chi connectivity index (χ0n) is 14.7. The van der Waals surface area contributed by atoms with Crippen LogP contribution in [0.3, 0.4) is 0 Å². The molecule has 2 aliphatic rings. The summed E-state index contributed by atoms with van der Waals surface area (Å²) < 4.78 is 35.1. The summed E-state index contributed by atoms with van der Waals surface area (Å²) in [6.45, 7) is 0.788. The van der Waals surface area contributed by atoms with E-state index in [4.69, 9.17) is 9.84 Å². The first-order chi connectivity index (χ1) is 13.0. The van der Waals surface area contributed by atoms with Gasteiger partial charge in [0.05, 0.1) is 5.69 Å². The van der Waals surface area contributed by atoms with Gasteiger partial charge < -0.3 is 14.7 Å². The van der Waals surface area contributed by atoms with Crippen LogP contribution in [-0.2, 0) is 4.79 Å². The molecule has 0 radical (unpaired) electrons. The first-order valence-electron chi connectivity index (χ1n) is 9.08. The minimum atomic E-state index is -0.887. The van der Waals surface area contributed by atoms with Crippen LogP contribution >= 0.6 is 11.3 Å². The molecule has 4 rings (SSSR count). The number of aromatic nitrogens is 1. The Balaban J connectivity index is 1.51. The van der Waals surface area contributed by atoms with Gasteiger partial charge in [-0.15, -0.1) is 0 Å². The van der Waals surface area contributed by atoms with E-state index in [-0.39, 0.29) is 24.1 Å². The molecule has 1 unspecified atom stereocenters. The van der Waals surface area contributed by atoms with Crippen LogP contribution in [0.5, 0.6) is 5.19 Å². The molecular formula is C19H20F2N2O3S. The number of anilines is 1. The lowest BCUT2D eigenvalue weighted by Crippen LogP contribution is -2.24. The van der Waals surface area contributed by atoms with E-state index in [2.05, 4.69) is 4.98 Å². The highest BCUT2D eigenvalue weighted by Crippen LogP contribution is 2.35. The topological polar surface area (TPSA) is 62.7 Å². The van der Waals surface area contributed by atoms with Gasteiger partial charge in [0.25, 0.3) is 5.19 Å². The van der Waals surface area contributed by atoms with E-state index >= 15 is 0 Å². The number of nitrogens with zero attached hydrogens (tertiary/aromatic N) is 2. The highest BCUT2D eigenvalue weighted by molar-refractivity contribution is 7.11. The number of ether oxygens (including phenoxy) is 1. The van der Waals surface area contributed by atoms with E-state index in [1.54, 1.807) is 10.3 Å². The van der Waals surface area contributed by atoms with Gasteiger partial charge in [-0.3, -0.25) is 4.79 Å². The summed E-state index contributed by atoms with van der Waals surface area (Å²) in [5.74, 6) is -2.29. The lowest BCUT2D eigenvalue weighted by Gasteiger charge is -2.24. The van der Waals surface area contributed by atoms with Gasteiger partial charge in [-0.1, -0.05) is 11.3 Å². The number of rotatable bonds is 6. The number of aliphatic carboxylic acids is 1. The van der Waals surface area contributed by atoms with Gasteiger partial charge in [-0.05, 0) is 43.7 Å². The number of carboxylic acids is 1. The number of benzene rings is 1. The number of hydrogen-bond acceptors (Lipinski definition) is 5. The van der Waals surface area contributed by atoms with Crippen molar-refractivity contribution in [1.29, 1.82) is 0 Å². The number of halogens is 2. The summed E-state index contributed by atoms with van der Waals surface area (Å²) in [6.07, 6.45) is 4.03. The van der Waals surface area contributed by atoms with Crippen molar-refractivity contribution in [2.45, 2.75) is 38.2 Å². The average Bonchev–Trinajstić information content (AvgIpc) is 3.19. The third-order valence-electron chi connectivity index (χ3n) is 5.18. The van der Waals surface area contributed by atoms with Crippen LogP contribution in [0.4, 0.5) is 14.5 Å². The van der Waals surface area contributed by atoms with Gasteiger partial charge in [0.1, 0.15) is 23.4 Å². The van der Waals surface area contributed by atoms with E-state index < -0.39 is 17.6 Å². The normalized spacial score (nSPS) is 19.9. The minimum Gasteiger partial charge on any atom is -0.481 e. The van der Waals surface area contributed by atoms with Crippen molar-refractivity contribution in [3.63, 3.8) is 0 Å². The second kappa shape index (κ2) is 7.42. The number of carboxylic acid groups (broad SMARTS) is 1. The fourth-order valence-corrected chi connectivity index (χ4v) is 4.28. The molecule has 5 nitrogen and oxygen atoms in total. The van der Waals surface area contributed by atoms with Crippen molar-refractivity contribution in [1.82, 2.24) is 4.98 Å². The number of hydrogen-bond donors (Lipinski definition) is 1. The molecule has 1 saturated carbocycles. The average molecular weight is 394 g/mol. The molecule has 0 bridgehead atoms. The van der Waals surface area contributed by atoms with Gasteiger partial charge in [0.15, 0.2) is 0 Å². The van der Waals surface area contributed by atoms with E-state index in [0.717, 1.165) is 19.3 Å². The van der Waals surface area contributed by atoms with E-state index in [1.165, 1.54) is 23.5 Å². The predicted octanol–water partition coefficient (Wildman–Crippen LogP) is 4.32. The molecule has 1 aliphatic heterocycles. The number of thiazole rings is 1. The van der Waals surface area contributed by atoms with Crippen molar-refractivity contribution < 1.29 is 23.4 Å². The Morgan fingerprint density at radius 1 is 1.30 bits per heavy atom. The molecule has 144 valence electrons. The van der Waals surface area contributed by atoms with Crippen LogP contribution < -0.4 is 9.64 Å². The monoisotopic (exact) mass is 394 g/mol. The van der Waals surface area contributed by atoms with Gasteiger partial charge in [0.2, 0.25) is 0 Å². The summed E-state index contributed by atoms with van der Waals surface area (Å²) in [6, 6.07) is 2.57. The molecule has 0 amide bonds. The van der Waals surface area contributed by atoms with E-state index in [9.17, 15) is 13.6 Å². The zero-order valence-corrected chi connectivity index (χ0v) is 15.5. The second-order valence-electron chi connectivity index (χ2n) is 7.16. The third kappa shape index (κ3) is 3.90. The van der Waals surface area contributed by atoms with Crippen molar-refractivity contribution >= 4 is 23.0 Å². The van der Waals surface area contributed by atoms with Crippen LogP contribution in [0.15, 0.2) is 17.5 Å². The molecule has 8 heteroatoms. The Labute approximate surface area is 159 Å². The predicted molar refractivity (Wildman–Crippen MR) is 98.3 cm³/mol. The van der Waals surface area contributed by atoms with E-state index in [0.29, 0.717) is 36.0 Å². The van der Waals surface area contributed by atoms with Gasteiger partial charge in [0, 0.05) is 30.5 Å². The standard InChI is InChI=1S/C19H20F2N2O3S/c20-14-7-12(16-10-27-19(22-16)26-13-2-1-3-13)8-15(21)18(14)23-5-4-11(9-23)6-17(24)25/h7-8,10-11,13H,1-6,9H2,(H,24,25). The van der Waals surface area contributed by atoms with Crippen molar-refractivity contribution in [2.75, 3.05) is 18.0 Å². The summed E-state index contributed by atoms with van der Waals surface area (Å²) in [7, 11) is 0. The molecule has 1 N–H and O–H groups in total. The Morgan fingerprint density at radius 3 is 2.67 bits per heavy atom. The van der Waals surface area contributed by atoms with Crippen LogP contribution in [-0.4, -0.2) is 35.3 Å². The highest BCUT2D eigenvalue weighted by atomic mass is 32.1. The van der Waals surface area contributed by atoms with Gasteiger partial charge in [-0.2, -0.15) is 0 Å². The molecule has 1 aromatic heterocycles. The Morgan fingerprint density at radius 2 is 2.04 bits per heavy atom. The quantitative estimate of drug-likeness (QED) is 0.791. The van der Waals surface area contributed by atoms with Crippen molar-refractivity contribution in [3.05, 3.63) is 29.1 Å². The zero-order chi connectivity index (χ0) is 19.0. The van der Waals surface area contributed by atoms with Crippen LogP contribution in [0.1, 0.15) is 32.1 Å². The molecule has 2 fully saturated rings. The first kappa shape index (κ1) is 18.2. The second-order valence-corrected chi connectivity index (χ2v) is 7.98. The largest absolute Gasteiger partial charge is 0.481 e. The lowest BCUT2D eigenvalue weighted by atomic mass is 9.96. The molecule has 1 aliphatic carbocycles. The fraction of sp³-hybridized carbons (Fsp3) is 0.474. The van der Waals surface area contributed by atoms with Crippen molar-refractivity contribution in [3.8, 4) is 16.5 Å². The summed E-state index contributed by atoms with van der Waals surface area (Å²) in [5.41, 5.74) is 0.770. The molecule has 1 aromatic carbocycles. The maximum atomic E-state index is 14.7. The minimum absolute atomic E-state index is 0.0143. The molecular weight excluding hydrogens is 374 g/mol. The Hall–Kier alpha value is -2.22. The molecule has 1 saturated heterocycles. The summed E-state index contributed by atoms with van der Waals surface area (Å²) in [5, 5.41) is 11.2. The maximum absolute atomic E-state index is 14.7. The molecule has 2 aromatic rings. The van der Waals surface area contributed by atoms with Crippen LogP contribution in [0.25, 0.3) is 11.3 Å². The third-order valence-corrected chi connectivity index (χ3v) is 5.91. The highest BCUT2D eigenvalue weighted by Gasteiger charge is 2.29. The fourth-order valence-electron chi connectivity index (χ4n) is 3.54. The lowest BCUT2D eigenvalue weighted by molar-refractivity contribution is -0.137. The first-order valence-corrected chi connectivity index (χ1v) is 9.96. The smallest absolute Gasteiger partial charge is 0.303 e. The summed E-state index contributed by atoms with van der Waals surface area (Å²) >= 11 is 1.32. The SMILES string of the molecule is O=C(O)CC1CCN(c2c(F)cc(-c3csc(OC4CCC4)n3)cc2F)C1. The Bertz CT molecular complexity index is 830. The molecule has 0 spiro atoms. The molecule has 1 atom stereocenters. The van der Waals surface area contributed by atoms with Crippen LogP contribution in [0, 0.1) is 17.6 Å². The van der Waals surface area contributed by atoms with Gasteiger partial charge >= 0.3 is 5.97 Å². The number of carbonyl (C=O) groups is 1. The maximum Gasteiger partial charge on any atom is 0.303 e. The Kier molecular flexibility index (Phi) is 4.99. The van der Waals surface area contributed by atoms with E-state index in [1.807, 2.05) is 0 Å².